The van der Waals surface area contributed by atoms with Crippen LogP contribution in [0.25, 0.3) is 5.69 Å². The van der Waals surface area contributed by atoms with Crippen LogP contribution in [-0.4, -0.2) is 37.9 Å². The molecule has 0 bridgehead atoms. The number of ether oxygens (including phenoxy) is 1. The molecule has 36 heavy (non-hydrogen) atoms. The SMILES string of the molecule is C=CCNc1nc(Nc2ccc(-n3cnc(C)n3)c(OCC=C)c2)nc2c1CCC2c1ccccc1. The van der Waals surface area contributed by atoms with Gasteiger partial charge in [0.05, 0.1) is 5.69 Å². The van der Waals surface area contributed by atoms with Crippen LogP contribution in [-0.2, 0) is 6.42 Å². The first-order chi connectivity index (χ1) is 17.7. The largest absolute Gasteiger partial charge is 0.487 e. The lowest BCUT2D eigenvalue weighted by Gasteiger charge is -2.16. The Kier molecular flexibility index (Phi) is 6.75. The van der Waals surface area contributed by atoms with Crippen LogP contribution in [0.5, 0.6) is 5.75 Å². The van der Waals surface area contributed by atoms with Crippen molar-refractivity contribution in [2.45, 2.75) is 25.7 Å². The van der Waals surface area contributed by atoms with E-state index in [0.717, 1.165) is 35.7 Å². The van der Waals surface area contributed by atoms with Crippen molar-refractivity contribution in [1.29, 1.82) is 0 Å². The standard InChI is InChI=1S/C28H29N7O/c1-4-15-29-27-23-13-12-22(20-9-7-6-8-10-20)26(23)32-28(33-27)31-21-11-14-24(25(17-21)36-16-5-2)35-18-30-19(3)34-35/h4-11,14,17-18,22H,1-2,12-13,15-16H2,3H3,(H2,29,31,32,33). The molecule has 8 nitrogen and oxygen atoms in total. The highest BCUT2D eigenvalue weighted by Gasteiger charge is 2.29. The number of fused-ring (bicyclic) bond motifs is 1. The second-order valence-electron chi connectivity index (χ2n) is 8.57. The van der Waals surface area contributed by atoms with Gasteiger partial charge in [0.15, 0.2) is 0 Å². The molecule has 0 aliphatic heterocycles. The zero-order chi connectivity index (χ0) is 24.9. The van der Waals surface area contributed by atoms with E-state index in [2.05, 4.69) is 58.1 Å². The summed E-state index contributed by atoms with van der Waals surface area (Å²) in [6.07, 6.45) is 7.15. The van der Waals surface area contributed by atoms with Crippen molar-refractivity contribution >= 4 is 17.5 Å². The molecule has 2 heterocycles. The molecule has 2 N–H and O–H groups in total. The van der Waals surface area contributed by atoms with Crippen LogP contribution < -0.4 is 15.4 Å². The van der Waals surface area contributed by atoms with Gasteiger partial charge in [-0.1, -0.05) is 49.1 Å². The predicted molar refractivity (Wildman–Crippen MR) is 142 cm³/mol. The van der Waals surface area contributed by atoms with Gasteiger partial charge in [-0.15, -0.1) is 6.58 Å². The number of anilines is 3. The molecule has 1 aliphatic rings. The van der Waals surface area contributed by atoms with E-state index in [1.165, 1.54) is 11.1 Å². The van der Waals surface area contributed by atoms with Gasteiger partial charge in [-0.05, 0) is 37.5 Å². The fourth-order valence-electron chi connectivity index (χ4n) is 4.48. The molecular formula is C28H29N7O. The van der Waals surface area contributed by atoms with Crippen LogP contribution in [0.15, 0.2) is 80.2 Å². The van der Waals surface area contributed by atoms with Gasteiger partial charge in [-0.2, -0.15) is 10.1 Å². The fraction of sp³-hybridized carbons (Fsp3) is 0.214. The first kappa shape index (κ1) is 23.3. The summed E-state index contributed by atoms with van der Waals surface area (Å²) in [5, 5.41) is 11.2. The zero-order valence-electron chi connectivity index (χ0n) is 20.3. The highest BCUT2D eigenvalue weighted by atomic mass is 16.5. The Morgan fingerprint density at radius 3 is 2.72 bits per heavy atom. The lowest BCUT2D eigenvalue weighted by molar-refractivity contribution is 0.361. The van der Waals surface area contributed by atoms with Gasteiger partial charge in [-0.25, -0.2) is 14.6 Å². The van der Waals surface area contributed by atoms with Crippen LogP contribution in [0.2, 0.25) is 0 Å². The number of rotatable bonds is 10. The summed E-state index contributed by atoms with van der Waals surface area (Å²) >= 11 is 0. The topological polar surface area (TPSA) is 89.8 Å². The molecule has 4 aromatic rings. The van der Waals surface area contributed by atoms with Crippen LogP contribution in [0.1, 0.15) is 35.0 Å². The maximum Gasteiger partial charge on any atom is 0.229 e. The van der Waals surface area contributed by atoms with Crippen molar-refractivity contribution in [2.24, 2.45) is 0 Å². The number of nitrogens with zero attached hydrogens (tertiary/aromatic N) is 5. The fourth-order valence-corrected chi connectivity index (χ4v) is 4.48. The Labute approximate surface area is 210 Å². The normalized spacial score (nSPS) is 14.2. The van der Waals surface area contributed by atoms with Gasteiger partial charge < -0.3 is 15.4 Å². The minimum Gasteiger partial charge on any atom is -0.487 e. The van der Waals surface area contributed by atoms with E-state index >= 15 is 0 Å². The molecule has 8 heteroatoms. The van der Waals surface area contributed by atoms with E-state index in [-0.39, 0.29) is 5.92 Å². The molecule has 2 aromatic heterocycles. The Morgan fingerprint density at radius 2 is 1.97 bits per heavy atom. The average Bonchev–Trinajstić information content (AvgIpc) is 3.53. The smallest absolute Gasteiger partial charge is 0.229 e. The quantitative estimate of drug-likeness (QED) is 0.296. The Hall–Kier alpha value is -4.46. The molecule has 0 spiro atoms. The van der Waals surface area contributed by atoms with Crippen LogP contribution in [0.4, 0.5) is 17.5 Å². The molecule has 1 aliphatic carbocycles. The third-order valence-electron chi connectivity index (χ3n) is 6.09. The summed E-state index contributed by atoms with van der Waals surface area (Å²) < 4.78 is 7.64. The summed E-state index contributed by atoms with van der Waals surface area (Å²) in [6, 6.07) is 16.3. The average molecular weight is 480 g/mol. The number of aryl methyl sites for hydroxylation is 1. The second-order valence-corrected chi connectivity index (χ2v) is 8.57. The van der Waals surface area contributed by atoms with Crippen LogP contribution in [0, 0.1) is 6.92 Å². The van der Waals surface area contributed by atoms with Crippen molar-refractivity contribution in [1.82, 2.24) is 24.7 Å². The van der Waals surface area contributed by atoms with E-state index in [9.17, 15) is 0 Å². The van der Waals surface area contributed by atoms with Crippen molar-refractivity contribution in [3.63, 3.8) is 0 Å². The number of benzene rings is 2. The van der Waals surface area contributed by atoms with Crippen molar-refractivity contribution < 1.29 is 4.74 Å². The molecule has 0 fully saturated rings. The lowest BCUT2D eigenvalue weighted by Crippen LogP contribution is -2.10. The van der Waals surface area contributed by atoms with E-state index in [1.807, 2.05) is 37.3 Å². The molecule has 182 valence electrons. The second kappa shape index (κ2) is 10.4. The first-order valence-electron chi connectivity index (χ1n) is 12.0. The molecule has 1 atom stereocenters. The highest BCUT2D eigenvalue weighted by Crippen LogP contribution is 2.40. The first-order valence-corrected chi connectivity index (χ1v) is 12.0. The van der Waals surface area contributed by atoms with Gasteiger partial charge in [-0.3, -0.25) is 0 Å². The third kappa shape index (κ3) is 4.84. The molecule has 0 amide bonds. The Morgan fingerprint density at radius 1 is 1.11 bits per heavy atom. The molecule has 0 radical (unpaired) electrons. The van der Waals surface area contributed by atoms with E-state index in [0.29, 0.717) is 30.7 Å². The summed E-state index contributed by atoms with van der Waals surface area (Å²) in [6.45, 7) is 10.4. The van der Waals surface area contributed by atoms with Crippen molar-refractivity contribution in [3.8, 4) is 11.4 Å². The lowest BCUT2D eigenvalue weighted by atomic mass is 9.97. The Balaban J connectivity index is 1.50. The molecular weight excluding hydrogens is 450 g/mol. The van der Waals surface area contributed by atoms with E-state index in [4.69, 9.17) is 14.7 Å². The number of nitrogens with one attached hydrogen (secondary N) is 2. The maximum atomic E-state index is 5.94. The van der Waals surface area contributed by atoms with Gasteiger partial charge in [0.1, 0.15) is 36.0 Å². The highest BCUT2D eigenvalue weighted by molar-refractivity contribution is 5.64. The monoisotopic (exact) mass is 479 g/mol. The van der Waals surface area contributed by atoms with Crippen molar-refractivity contribution in [2.75, 3.05) is 23.8 Å². The van der Waals surface area contributed by atoms with Gasteiger partial charge in [0.2, 0.25) is 5.95 Å². The van der Waals surface area contributed by atoms with Gasteiger partial charge >= 0.3 is 0 Å². The zero-order valence-corrected chi connectivity index (χ0v) is 20.3. The number of aromatic nitrogens is 5. The Bertz CT molecular complexity index is 1380. The van der Waals surface area contributed by atoms with Crippen LogP contribution >= 0.6 is 0 Å². The summed E-state index contributed by atoms with van der Waals surface area (Å²) in [5.41, 5.74) is 5.09. The number of hydrogen-bond donors (Lipinski definition) is 2. The molecule has 1 unspecified atom stereocenters. The maximum absolute atomic E-state index is 5.94. The predicted octanol–water partition coefficient (Wildman–Crippen LogP) is 5.35. The van der Waals surface area contributed by atoms with E-state index < -0.39 is 0 Å². The minimum atomic E-state index is 0.235. The molecule has 0 saturated heterocycles. The van der Waals surface area contributed by atoms with Gasteiger partial charge in [0, 0.05) is 29.8 Å². The molecule has 5 rings (SSSR count). The molecule has 2 aromatic carbocycles. The summed E-state index contributed by atoms with van der Waals surface area (Å²) in [4.78, 5) is 14.0. The molecule has 0 saturated carbocycles. The summed E-state index contributed by atoms with van der Waals surface area (Å²) in [5.74, 6) is 2.95. The minimum absolute atomic E-state index is 0.235. The van der Waals surface area contributed by atoms with Crippen LogP contribution in [0.3, 0.4) is 0 Å². The van der Waals surface area contributed by atoms with Gasteiger partial charge in [0.25, 0.3) is 0 Å². The number of hydrogen-bond acceptors (Lipinski definition) is 7. The van der Waals surface area contributed by atoms with Crippen molar-refractivity contribution in [3.05, 3.63) is 103 Å². The summed E-state index contributed by atoms with van der Waals surface area (Å²) in [7, 11) is 0. The van der Waals surface area contributed by atoms with E-state index in [1.54, 1.807) is 17.1 Å². The third-order valence-corrected chi connectivity index (χ3v) is 6.09.